The number of ether oxygens (including phenoxy) is 2. The standard InChI is InChI=1S/C14H27NO3/c1-17-14(7-9-18-10-8-14)12-15-11-13(16)5-3-2-4-6-13/h15-16H,2-12H2,1H3. The lowest BCUT2D eigenvalue weighted by atomic mass is 9.84. The maximum atomic E-state index is 10.4. The molecular weight excluding hydrogens is 230 g/mol. The summed E-state index contributed by atoms with van der Waals surface area (Å²) in [5.41, 5.74) is -0.582. The van der Waals surface area contributed by atoms with Gasteiger partial charge in [0.15, 0.2) is 0 Å². The van der Waals surface area contributed by atoms with E-state index in [0.29, 0.717) is 6.54 Å². The molecule has 0 atom stereocenters. The zero-order valence-corrected chi connectivity index (χ0v) is 11.5. The van der Waals surface area contributed by atoms with E-state index in [-0.39, 0.29) is 5.60 Å². The van der Waals surface area contributed by atoms with Gasteiger partial charge in [-0.2, -0.15) is 0 Å². The minimum atomic E-state index is -0.488. The molecule has 106 valence electrons. The number of methoxy groups -OCH3 is 1. The molecule has 0 radical (unpaired) electrons. The van der Waals surface area contributed by atoms with Crippen molar-refractivity contribution in [2.75, 3.05) is 33.4 Å². The van der Waals surface area contributed by atoms with Gasteiger partial charge >= 0.3 is 0 Å². The molecule has 4 nitrogen and oxygen atoms in total. The number of hydrogen-bond donors (Lipinski definition) is 2. The van der Waals surface area contributed by atoms with Crippen molar-refractivity contribution in [2.45, 2.75) is 56.1 Å². The Balaban J connectivity index is 1.75. The molecule has 2 N–H and O–H groups in total. The van der Waals surface area contributed by atoms with E-state index >= 15 is 0 Å². The highest BCUT2D eigenvalue weighted by atomic mass is 16.5. The van der Waals surface area contributed by atoms with E-state index in [0.717, 1.165) is 58.3 Å². The minimum absolute atomic E-state index is 0.0940. The van der Waals surface area contributed by atoms with Crippen molar-refractivity contribution in [3.05, 3.63) is 0 Å². The van der Waals surface area contributed by atoms with Crippen LogP contribution < -0.4 is 5.32 Å². The second-order valence-electron chi connectivity index (χ2n) is 5.89. The predicted molar refractivity (Wildman–Crippen MR) is 70.7 cm³/mol. The van der Waals surface area contributed by atoms with E-state index in [1.54, 1.807) is 7.11 Å². The fourth-order valence-electron chi connectivity index (χ4n) is 3.11. The highest BCUT2D eigenvalue weighted by Gasteiger charge is 2.34. The Bertz CT molecular complexity index is 245. The maximum absolute atomic E-state index is 10.4. The molecule has 0 unspecified atom stereocenters. The van der Waals surface area contributed by atoms with Gasteiger partial charge in [-0.25, -0.2) is 0 Å². The molecule has 2 fully saturated rings. The molecule has 1 saturated heterocycles. The fraction of sp³-hybridized carbons (Fsp3) is 1.00. The first-order chi connectivity index (χ1) is 8.68. The van der Waals surface area contributed by atoms with Gasteiger partial charge in [0.2, 0.25) is 0 Å². The van der Waals surface area contributed by atoms with Crippen LogP contribution in [0.25, 0.3) is 0 Å². The van der Waals surface area contributed by atoms with Crippen molar-refractivity contribution in [3.8, 4) is 0 Å². The van der Waals surface area contributed by atoms with Gasteiger partial charge in [-0.05, 0) is 12.8 Å². The molecule has 2 rings (SSSR count). The van der Waals surface area contributed by atoms with Crippen LogP contribution >= 0.6 is 0 Å². The van der Waals surface area contributed by atoms with Crippen molar-refractivity contribution >= 4 is 0 Å². The molecule has 1 heterocycles. The number of aliphatic hydroxyl groups is 1. The molecule has 0 aromatic rings. The third-order valence-corrected chi connectivity index (χ3v) is 4.52. The lowest BCUT2D eigenvalue weighted by Gasteiger charge is -2.38. The van der Waals surface area contributed by atoms with Gasteiger partial charge in [0.1, 0.15) is 0 Å². The third-order valence-electron chi connectivity index (χ3n) is 4.52. The first kappa shape index (κ1) is 14.3. The molecule has 1 aliphatic carbocycles. The van der Waals surface area contributed by atoms with E-state index in [9.17, 15) is 5.11 Å². The smallest absolute Gasteiger partial charge is 0.0846 e. The van der Waals surface area contributed by atoms with Gasteiger partial charge in [0.25, 0.3) is 0 Å². The summed E-state index contributed by atoms with van der Waals surface area (Å²) in [6, 6.07) is 0. The molecule has 0 spiro atoms. The average Bonchev–Trinajstić information content (AvgIpc) is 2.40. The van der Waals surface area contributed by atoms with Crippen LogP contribution in [0, 0.1) is 0 Å². The Morgan fingerprint density at radius 1 is 1.06 bits per heavy atom. The Kier molecular flexibility index (Phi) is 5.01. The number of rotatable bonds is 5. The van der Waals surface area contributed by atoms with Crippen LogP contribution in [-0.4, -0.2) is 49.7 Å². The quantitative estimate of drug-likeness (QED) is 0.783. The van der Waals surface area contributed by atoms with Crippen molar-refractivity contribution < 1.29 is 14.6 Å². The highest BCUT2D eigenvalue weighted by molar-refractivity contribution is 4.89. The van der Waals surface area contributed by atoms with Gasteiger partial charge in [-0.15, -0.1) is 0 Å². The Morgan fingerprint density at radius 2 is 1.72 bits per heavy atom. The summed E-state index contributed by atoms with van der Waals surface area (Å²) in [6.45, 7) is 3.06. The van der Waals surface area contributed by atoms with Crippen LogP contribution in [0.5, 0.6) is 0 Å². The van der Waals surface area contributed by atoms with Crippen LogP contribution in [-0.2, 0) is 9.47 Å². The number of hydrogen-bond acceptors (Lipinski definition) is 4. The van der Waals surface area contributed by atoms with Crippen molar-refractivity contribution in [2.24, 2.45) is 0 Å². The topological polar surface area (TPSA) is 50.7 Å². The lowest BCUT2D eigenvalue weighted by molar-refractivity contribution is -0.0905. The molecule has 4 heteroatoms. The molecule has 0 aromatic carbocycles. The molecule has 18 heavy (non-hydrogen) atoms. The second kappa shape index (κ2) is 6.33. The van der Waals surface area contributed by atoms with Crippen LogP contribution in [0.1, 0.15) is 44.9 Å². The van der Waals surface area contributed by atoms with Crippen molar-refractivity contribution in [1.82, 2.24) is 5.32 Å². The monoisotopic (exact) mass is 257 g/mol. The summed E-state index contributed by atoms with van der Waals surface area (Å²) >= 11 is 0. The largest absolute Gasteiger partial charge is 0.389 e. The maximum Gasteiger partial charge on any atom is 0.0846 e. The predicted octanol–water partition coefficient (Wildman–Crippen LogP) is 1.47. The zero-order chi connectivity index (χ0) is 12.9. The SMILES string of the molecule is COC1(CNCC2(O)CCCCC2)CCOCC1. The van der Waals surface area contributed by atoms with Crippen LogP contribution in [0.4, 0.5) is 0 Å². The van der Waals surface area contributed by atoms with Gasteiger partial charge in [-0.1, -0.05) is 19.3 Å². The molecule has 0 bridgehead atoms. The zero-order valence-electron chi connectivity index (χ0n) is 11.5. The van der Waals surface area contributed by atoms with E-state index in [1.807, 2.05) is 0 Å². The Morgan fingerprint density at radius 3 is 2.33 bits per heavy atom. The lowest BCUT2D eigenvalue weighted by Crippen LogP contribution is -2.50. The molecule has 0 aromatic heterocycles. The van der Waals surface area contributed by atoms with Crippen molar-refractivity contribution in [3.63, 3.8) is 0 Å². The van der Waals surface area contributed by atoms with Gasteiger partial charge < -0.3 is 19.9 Å². The summed E-state index contributed by atoms with van der Waals surface area (Å²) in [6.07, 6.45) is 7.32. The summed E-state index contributed by atoms with van der Waals surface area (Å²) < 4.78 is 11.1. The second-order valence-corrected chi connectivity index (χ2v) is 5.89. The first-order valence-electron chi connectivity index (χ1n) is 7.24. The average molecular weight is 257 g/mol. The highest BCUT2D eigenvalue weighted by Crippen LogP contribution is 2.28. The van der Waals surface area contributed by atoms with E-state index < -0.39 is 5.60 Å². The molecule has 1 aliphatic heterocycles. The third kappa shape index (κ3) is 3.67. The Labute approximate surface area is 110 Å². The molecule has 0 amide bonds. The summed E-state index contributed by atoms with van der Waals surface area (Å²) in [5.74, 6) is 0. The molecule has 1 saturated carbocycles. The van der Waals surface area contributed by atoms with Gasteiger partial charge in [0.05, 0.1) is 11.2 Å². The van der Waals surface area contributed by atoms with Crippen LogP contribution in [0.3, 0.4) is 0 Å². The number of nitrogens with one attached hydrogen (secondary N) is 1. The summed E-state index contributed by atoms with van der Waals surface area (Å²) in [7, 11) is 1.78. The van der Waals surface area contributed by atoms with Crippen molar-refractivity contribution in [1.29, 1.82) is 0 Å². The van der Waals surface area contributed by atoms with Gasteiger partial charge in [0, 0.05) is 46.3 Å². The normalized spacial score (nSPS) is 27.0. The fourth-order valence-corrected chi connectivity index (χ4v) is 3.11. The first-order valence-corrected chi connectivity index (χ1v) is 7.24. The van der Waals surface area contributed by atoms with E-state index in [4.69, 9.17) is 9.47 Å². The molecule has 2 aliphatic rings. The van der Waals surface area contributed by atoms with Crippen LogP contribution in [0.15, 0.2) is 0 Å². The summed E-state index contributed by atoms with van der Waals surface area (Å²) in [4.78, 5) is 0. The van der Waals surface area contributed by atoms with Gasteiger partial charge in [-0.3, -0.25) is 0 Å². The van der Waals surface area contributed by atoms with E-state index in [2.05, 4.69) is 5.32 Å². The summed E-state index contributed by atoms with van der Waals surface area (Å²) in [5, 5.41) is 13.9. The van der Waals surface area contributed by atoms with E-state index in [1.165, 1.54) is 6.42 Å². The Hall–Kier alpha value is -0.160. The van der Waals surface area contributed by atoms with Crippen LogP contribution in [0.2, 0.25) is 0 Å². The minimum Gasteiger partial charge on any atom is -0.389 e. The molecular formula is C14H27NO3.